The lowest BCUT2D eigenvalue weighted by molar-refractivity contribution is -0.123. The smallest absolute Gasteiger partial charge is 0.338 e. The van der Waals surface area contributed by atoms with Crippen LogP contribution in [0.15, 0.2) is 28.8 Å². The average molecular weight is 415 g/mol. The molecular formula is C21H25N3O6. The van der Waals surface area contributed by atoms with Crippen LogP contribution in [0.3, 0.4) is 0 Å². The number of benzene rings is 1. The van der Waals surface area contributed by atoms with Gasteiger partial charge < -0.3 is 19.3 Å². The molecule has 1 fully saturated rings. The number of hydrogen-bond donors (Lipinski definition) is 2. The standard InChI is InChI=1S/C21H25N3O6/c1-13-18(14(2)30-24-13)11-28-17-9-7-15(8-10-17)20(26)29-12-19(25)23-21(27)22-16-5-3-4-6-16/h7-10,16H,3-6,11-12H2,1-2H3,(H2,22,23,25,27). The van der Waals surface area contributed by atoms with E-state index in [2.05, 4.69) is 15.8 Å². The molecule has 1 aliphatic carbocycles. The third-order valence-corrected chi connectivity index (χ3v) is 4.93. The Labute approximate surface area is 174 Å². The lowest BCUT2D eigenvalue weighted by Gasteiger charge is -2.12. The zero-order valence-electron chi connectivity index (χ0n) is 17.0. The highest BCUT2D eigenvalue weighted by Crippen LogP contribution is 2.18. The minimum Gasteiger partial charge on any atom is -0.489 e. The third-order valence-electron chi connectivity index (χ3n) is 4.93. The SMILES string of the molecule is Cc1noc(C)c1COc1ccc(C(=O)OCC(=O)NC(=O)NC2CCCC2)cc1. The van der Waals surface area contributed by atoms with Crippen LogP contribution in [-0.4, -0.2) is 35.7 Å². The highest BCUT2D eigenvalue weighted by molar-refractivity contribution is 5.97. The fraction of sp³-hybridized carbons (Fsp3) is 0.429. The first-order valence-corrected chi connectivity index (χ1v) is 9.84. The molecule has 0 unspecified atom stereocenters. The molecule has 0 radical (unpaired) electrons. The molecule has 1 aromatic carbocycles. The van der Waals surface area contributed by atoms with E-state index in [0.717, 1.165) is 36.9 Å². The number of esters is 1. The van der Waals surface area contributed by atoms with Gasteiger partial charge in [0.1, 0.15) is 18.1 Å². The quantitative estimate of drug-likeness (QED) is 0.667. The molecule has 160 valence electrons. The topological polar surface area (TPSA) is 120 Å². The molecule has 1 heterocycles. The molecule has 9 heteroatoms. The van der Waals surface area contributed by atoms with Crippen molar-refractivity contribution in [1.29, 1.82) is 0 Å². The zero-order valence-corrected chi connectivity index (χ0v) is 17.0. The van der Waals surface area contributed by atoms with Gasteiger partial charge in [0.25, 0.3) is 5.91 Å². The maximum Gasteiger partial charge on any atom is 0.338 e. The Hall–Kier alpha value is -3.36. The van der Waals surface area contributed by atoms with E-state index in [0.29, 0.717) is 18.1 Å². The normalized spacial score (nSPS) is 13.7. The molecular weight excluding hydrogens is 390 g/mol. The first-order valence-electron chi connectivity index (χ1n) is 9.84. The van der Waals surface area contributed by atoms with Gasteiger partial charge in [-0.1, -0.05) is 18.0 Å². The van der Waals surface area contributed by atoms with E-state index < -0.39 is 24.5 Å². The van der Waals surface area contributed by atoms with Gasteiger partial charge in [-0.25, -0.2) is 9.59 Å². The molecule has 1 aliphatic rings. The molecule has 0 bridgehead atoms. The summed E-state index contributed by atoms with van der Waals surface area (Å²) in [4.78, 5) is 35.6. The Bertz CT molecular complexity index is 880. The molecule has 0 spiro atoms. The van der Waals surface area contributed by atoms with Crippen LogP contribution in [0.5, 0.6) is 5.75 Å². The summed E-state index contributed by atoms with van der Waals surface area (Å²) in [6.07, 6.45) is 3.96. The minimum atomic E-state index is -0.682. The lowest BCUT2D eigenvalue weighted by Crippen LogP contribution is -2.44. The molecule has 3 rings (SSSR count). The first-order chi connectivity index (χ1) is 14.4. The van der Waals surface area contributed by atoms with E-state index >= 15 is 0 Å². The van der Waals surface area contributed by atoms with Gasteiger partial charge in [0.15, 0.2) is 6.61 Å². The second-order valence-electron chi connectivity index (χ2n) is 7.19. The van der Waals surface area contributed by atoms with Gasteiger partial charge in [0.2, 0.25) is 0 Å². The second-order valence-corrected chi connectivity index (χ2v) is 7.19. The van der Waals surface area contributed by atoms with Crippen LogP contribution in [-0.2, 0) is 16.1 Å². The van der Waals surface area contributed by atoms with Crippen LogP contribution in [0.25, 0.3) is 0 Å². The zero-order chi connectivity index (χ0) is 21.5. The summed E-state index contributed by atoms with van der Waals surface area (Å²) in [5.74, 6) is -0.0901. The van der Waals surface area contributed by atoms with Gasteiger partial charge in [-0.05, 0) is 51.0 Å². The van der Waals surface area contributed by atoms with Crippen LogP contribution in [0.4, 0.5) is 4.79 Å². The molecule has 2 aromatic rings. The Morgan fingerprint density at radius 3 is 2.47 bits per heavy atom. The lowest BCUT2D eigenvalue weighted by atomic mass is 10.2. The van der Waals surface area contributed by atoms with E-state index in [1.165, 1.54) is 12.1 Å². The van der Waals surface area contributed by atoms with Crippen molar-refractivity contribution in [2.24, 2.45) is 0 Å². The van der Waals surface area contributed by atoms with Crippen molar-refractivity contribution in [3.63, 3.8) is 0 Å². The highest BCUT2D eigenvalue weighted by atomic mass is 16.5. The van der Waals surface area contributed by atoms with E-state index in [4.69, 9.17) is 14.0 Å². The number of rotatable bonds is 7. The number of urea groups is 1. The summed E-state index contributed by atoms with van der Waals surface area (Å²) in [6, 6.07) is 5.86. The summed E-state index contributed by atoms with van der Waals surface area (Å²) in [5, 5.41) is 8.76. The molecule has 0 aliphatic heterocycles. The third kappa shape index (κ3) is 5.82. The predicted molar refractivity (Wildman–Crippen MR) is 106 cm³/mol. The van der Waals surface area contributed by atoms with Crippen molar-refractivity contribution >= 4 is 17.9 Å². The van der Waals surface area contributed by atoms with Crippen LogP contribution < -0.4 is 15.4 Å². The van der Waals surface area contributed by atoms with E-state index in [-0.39, 0.29) is 11.6 Å². The number of nitrogens with zero attached hydrogens (tertiary/aromatic N) is 1. The number of amides is 3. The Kier molecular flexibility index (Phi) is 7.05. The molecule has 0 atom stereocenters. The van der Waals surface area contributed by atoms with Gasteiger partial charge in [-0.15, -0.1) is 0 Å². The summed E-state index contributed by atoms with van der Waals surface area (Å²) in [6.45, 7) is 3.41. The van der Waals surface area contributed by atoms with Crippen molar-refractivity contribution in [2.75, 3.05) is 6.61 Å². The Morgan fingerprint density at radius 1 is 1.13 bits per heavy atom. The number of hydrogen-bond acceptors (Lipinski definition) is 7. The van der Waals surface area contributed by atoms with Crippen LogP contribution in [0, 0.1) is 13.8 Å². The monoisotopic (exact) mass is 415 g/mol. The van der Waals surface area contributed by atoms with Crippen LogP contribution in [0.2, 0.25) is 0 Å². The molecule has 30 heavy (non-hydrogen) atoms. The molecule has 3 amide bonds. The van der Waals surface area contributed by atoms with Crippen LogP contribution >= 0.6 is 0 Å². The van der Waals surface area contributed by atoms with Gasteiger partial charge in [-0.2, -0.15) is 0 Å². The Morgan fingerprint density at radius 2 is 1.83 bits per heavy atom. The number of ether oxygens (including phenoxy) is 2. The van der Waals surface area contributed by atoms with E-state index in [1.807, 2.05) is 13.8 Å². The van der Waals surface area contributed by atoms with Crippen molar-refractivity contribution in [3.05, 3.63) is 46.8 Å². The average Bonchev–Trinajstić information content (AvgIpc) is 3.34. The summed E-state index contributed by atoms with van der Waals surface area (Å²) >= 11 is 0. The van der Waals surface area contributed by atoms with Crippen molar-refractivity contribution in [3.8, 4) is 5.75 Å². The number of imide groups is 1. The number of aromatic nitrogens is 1. The van der Waals surface area contributed by atoms with Gasteiger partial charge in [0, 0.05) is 6.04 Å². The summed E-state index contributed by atoms with van der Waals surface area (Å²) in [7, 11) is 0. The van der Waals surface area contributed by atoms with E-state index in [1.54, 1.807) is 12.1 Å². The van der Waals surface area contributed by atoms with E-state index in [9.17, 15) is 14.4 Å². The van der Waals surface area contributed by atoms with Crippen molar-refractivity contribution < 1.29 is 28.4 Å². The minimum absolute atomic E-state index is 0.0960. The Balaban J connectivity index is 1.41. The molecule has 1 aromatic heterocycles. The number of nitrogens with one attached hydrogen (secondary N) is 2. The van der Waals surface area contributed by atoms with Gasteiger partial charge in [0.05, 0.1) is 16.8 Å². The molecule has 9 nitrogen and oxygen atoms in total. The second kappa shape index (κ2) is 9.91. The van der Waals surface area contributed by atoms with Gasteiger partial charge in [-0.3, -0.25) is 10.1 Å². The van der Waals surface area contributed by atoms with Crippen LogP contribution in [0.1, 0.15) is 53.1 Å². The van der Waals surface area contributed by atoms with Crippen molar-refractivity contribution in [1.82, 2.24) is 15.8 Å². The maximum atomic E-state index is 12.1. The van der Waals surface area contributed by atoms with Gasteiger partial charge >= 0.3 is 12.0 Å². The molecule has 0 saturated heterocycles. The van der Waals surface area contributed by atoms with Crippen molar-refractivity contribution in [2.45, 2.75) is 52.2 Å². The largest absolute Gasteiger partial charge is 0.489 e. The predicted octanol–water partition coefficient (Wildman–Crippen LogP) is 2.80. The molecule has 1 saturated carbocycles. The maximum absolute atomic E-state index is 12.1. The highest BCUT2D eigenvalue weighted by Gasteiger charge is 2.19. The first kappa shape index (κ1) is 21.4. The fourth-order valence-corrected chi connectivity index (χ4v) is 3.22. The number of carbonyl (C=O) groups excluding carboxylic acids is 3. The number of aryl methyl sites for hydroxylation is 2. The summed E-state index contributed by atoms with van der Waals surface area (Å²) in [5.41, 5.74) is 1.91. The summed E-state index contributed by atoms with van der Waals surface area (Å²) < 4.78 is 15.7. The number of carbonyl (C=O) groups is 3. The molecule has 2 N–H and O–H groups in total. The fourth-order valence-electron chi connectivity index (χ4n) is 3.22.